The first-order chi connectivity index (χ1) is 14.1. The molecule has 29 heavy (non-hydrogen) atoms. The van der Waals surface area contributed by atoms with E-state index in [9.17, 15) is 4.79 Å². The number of carbonyl (C=O) groups excluding carboxylic acids is 1. The molecule has 1 amide bonds. The van der Waals surface area contributed by atoms with Crippen molar-refractivity contribution in [3.05, 3.63) is 54.1 Å². The van der Waals surface area contributed by atoms with Gasteiger partial charge in [-0.3, -0.25) is 9.69 Å². The van der Waals surface area contributed by atoms with Crippen LogP contribution in [-0.2, 0) is 11.3 Å². The Morgan fingerprint density at radius 1 is 1.03 bits per heavy atom. The average molecular weight is 399 g/mol. The predicted molar refractivity (Wildman–Crippen MR) is 113 cm³/mol. The summed E-state index contributed by atoms with van der Waals surface area (Å²) in [6, 6.07) is 15.5. The minimum Gasteiger partial charge on any atom is -0.497 e. The number of piperidine rings is 1. The molecule has 2 aromatic rings. The van der Waals surface area contributed by atoms with Crippen LogP contribution < -0.4 is 19.5 Å². The van der Waals surface area contributed by atoms with Gasteiger partial charge in [0.2, 0.25) is 0 Å². The van der Waals surface area contributed by atoms with Gasteiger partial charge in [-0.1, -0.05) is 18.2 Å². The van der Waals surface area contributed by atoms with Crippen LogP contribution in [0.15, 0.2) is 48.5 Å². The Balaban J connectivity index is 1.44. The maximum absolute atomic E-state index is 12.5. The lowest BCUT2D eigenvalue weighted by molar-refractivity contribution is -0.128. The van der Waals surface area contributed by atoms with Crippen LogP contribution in [-0.4, -0.2) is 50.3 Å². The number of benzene rings is 2. The van der Waals surface area contributed by atoms with Gasteiger partial charge in [0.1, 0.15) is 17.2 Å². The Labute approximate surface area is 172 Å². The Bertz CT molecular complexity index is 786. The number of rotatable bonds is 8. The van der Waals surface area contributed by atoms with E-state index in [1.54, 1.807) is 33.3 Å². The van der Waals surface area contributed by atoms with Crippen molar-refractivity contribution >= 4 is 5.91 Å². The third-order valence-corrected chi connectivity index (χ3v) is 5.26. The Hall–Kier alpha value is -2.73. The summed E-state index contributed by atoms with van der Waals surface area (Å²) >= 11 is 0. The van der Waals surface area contributed by atoms with Crippen LogP contribution in [0.3, 0.4) is 0 Å². The molecule has 1 heterocycles. The van der Waals surface area contributed by atoms with E-state index in [1.165, 1.54) is 5.56 Å². The summed E-state index contributed by atoms with van der Waals surface area (Å²) in [5, 5.41) is 3.13. The molecule has 1 aliphatic rings. The maximum Gasteiger partial charge on any atom is 0.260 e. The van der Waals surface area contributed by atoms with E-state index in [1.807, 2.05) is 30.3 Å². The molecular formula is C23H30N2O4. The molecule has 0 aromatic heterocycles. The molecule has 1 aliphatic heterocycles. The van der Waals surface area contributed by atoms with E-state index in [2.05, 4.69) is 16.3 Å². The van der Waals surface area contributed by atoms with Crippen molar-refractivity contribution in [1.82, 2.24) is 10.2 Å². The fourth-order valence-corrected chi connectivity index (χ4v) is 3.54. The van der Waals surface area contributed by atoms with Crippen LogP contribution in [0.1, 0.15) is 25.3 Å². The summed E-state index contributed by atoms with van der Waals surface area (Å²) in [7, 11) is 3.32. The van der Waals surface area contributed by atoms with Crippen molar-refractivity contribution in [3.8, 4) is 17.2 Å². The number of likely N-dealkylation sites (tertiary alicyclic amines) is 1. The molecule has 156 valence electrons. The van der Waals surface area contributed by atoms with E-state index in [4.69, 9.17) is 14.2 Å². The number of nitrogens with one attached hydrogen (secondary N) is 1. The standard InChI is InChI=1S/C23H30N2O4/c1-17(29-21-10-8-20(27-2)9-11-21)23(26)24-19-12-14-25(15-13-19)16-18-6-4-5-7-22(18)28-3/h4-11,17,19H,12-16H2,1-3H3,(H,24,26). The summed E-state index contributed by atoms with van der Waals surface area (Å²) in [6.07, 6.45) is 1.31. The molecule has 1 N–H and O–H groups in total. The molecule has 6 heteroatoms. The molecule has 1 fully saturated rings. The Morgan fingerprint density at radius 2 is 1.69 bits per heavy atom. The molecule has 1 atom stereocenters. The van der Waals surface area contributed by atoms with Crippen molar-refractivity contribution in [2.45, 2.75) is 38.5 Å². The molecule has 0 aliphatic carbocycles. The smallest absolute Gasteiger partial charge is 0.260 e. The largest absolute Gasteiger partial charge is 0.497 e. The summed E-state index contributed by atoms with van der Waals surface area (Å²) < 4.78 is 16.3. The number of hydrogen-bond acceptors (Lipinski definition) is 5. The molecule has 0 saturated carbocycles. The van der Waals surface area contributed by atoms with Gasteiger partial charge in [0.25, 0.3) is 5.91 Å². The molecule has 6 nitrogen and oxygen atoms in total. The van der Waals surface area contributed by atoms with Gasteiger partial charge in [0.15, 0.2) is 6.10 Å². The fourth-order valence-electron chi connectivity index (χ4n) is 3.54. The monoisotopic (exact) mass is 398 g/mol. The fraction of sp³-hybridized carbons (Fsp3) is 0.435. The predicted octanol–water partition coefficient (Wildman–Crippen LogP) is 3.25. The van der Waals surface area contributed by atoms with Gasteiger partial charge in [-0.15, -0.1) is 0 Å². The number of ether oxygens (including phenoxy) is 3. The summed E-state index contributed by atoms with van der Waals surface area (Å²) in [6.45, 7) is 4.52. The van der Waals surface area contributed by atoms with Gasteiger partial charge in [-0.2, -0.15) is 0 Å². The van der Waals surface area contributed by atoms with Gasteiger partial charge in [-0.25, -0.2) is 0 Å². The van der Waals surface area contributed by atoms with Crippen LogP contribution >= 0.6 is 0 Å². The van der Waals surface area contributed by atoms with Crippen molar-refractivity contribution < 1.29 is 19.0 Å². The maximum atomic E-state index is 12.5. The highest BCUT2D eigenvalue weighted by molar-refractivity contribution is 5.81. The Kier molecular flexibility index (Phi) is 7.36. The zero-order valence-corrected chi connectivity index (χ0v) is 17.4. The second kappa shape index (κ2) is 10.2. The number of nitrogens with zero attached hydrogens (tertiary/aromatic N) is 1. The van der Waals surface area contributed by atoms with Gasteiger partial charge < -0.3 is 19.5 Å². The number of para-hydroxylation sites is 1. The summed E-state index contributed by atoms with van der Waals surface area (Å²) in [5.74, 6) is 2.26. The lowest BCUT2D eigenvalue weighted by Crippen LogP contribution is -2.47. The first-order valence-electron chi connectivity index (χ1n) is 10.0. The third-order valence-electron chi connectivity index (χ3n) is 5.26. The van der Waals surface area contributed by atoms with Gasteiger partial charge >= 0.3 is 0 Å². The highest BCUT2D eigenvalue weighted by Gasteiger charge is 2.24. The summed E-state index contributed by atoms with van der Waals surface area (Å²) in [5.41, 5.74) is 1.19. The van der Waals surface area contributed by atoms with E-state index in [-0.39, 0.29) is 11.9 Å². The van der Waals surface area contributed by atoms with Crippen LogP contribution in [0.25, 0.3) is 0 Å². The second-order valence-electron chi connectivity index (χ2n) is 7.31. The van der Waals surface area contributed by atoms with Crippen LogP contribution in [0, 0.1) is 0 Å². The zero-order chi connectivity index (χ0) is 20.6. The molecule has 1 saturated heterocycles. The molecule has 0 bridgehead atoms. The zero-order valence-electron chi connectivity index (χ0n) is 17.4. The number of hydrogen-bond donors (Lipinski definition) is 1. The second-order valence-corrected chi connectivity index (χ2v) is 7.31. The van der Waals surface area contributed by atoms with Crippen LogP contribution in [0.4, 0.5) is 0 Å². The topological polar surface area (TPSA) is 60.0 Å². The highest BCUT2D eigenvalue weighted by atomic mass is 16.5. The minimum absolute atomic E-state index is 0.0796. The van der Waals surface area contributed by atoms with Gasteiger partial charge in [-0.05, 0) is 50.1 Å². The quantitative estimate of drug-likeness (QED) is 0.740. The van der Waals surface area contributed by atoms with E-state index in [0.717, 1.165) is 44.0 Å². The van der Waals surface area contributed by atoms with Crippen molar-refractivity contribution in [3.63, 3.8) is 0 Å². The third kappa shape index (κ3) is 5.87. The van der Waals surface area contributed by atoms with Crippen molar-refractivity contribution in [1.29, 1.82) is 0 Å². The van der Waals surface area contributed by atoms with E-state index >= 15 is 0 Å². The van der Waals surface area contributed by atoms with E-state index in [0.29, 0.717) is 5.75 Å². The first-order valence-corrected chi connectivity index (χ1v) is 10.0. The molecule has 0 radical (unpaired) electrons. The minimum atomic E-state index is -0.546. The van der Waals surface area contributed by atoms with Gasteiger partial charge in [0, 0.05) is 31.2 Å². The molecule has 1 unspecified atom stereocenters. The number of carbonyl (C=O) groups is 1. The van der Waals surface area contributed by atoms with Crippen molar-refractivity contribution in [2.24, 2.45) is 0 Å². The molecule has 2 aromatic carbocycles. The normalized spacial score (nSPS) is 16.1. The SMILES string of the molecule is COc1ccc(OC(C)C(=O)NC2CCN(Cc3ccccc3OC)CC2)cc1. The highest BCUT2D eigenvalue weighted by Crippen LogP contribution is 2.22. The molecule has 0 spiro atoms. The molecule has 3 rings (SSSR count). The van der Waals surface area contributed by atoms with Crippen LogP contribution in [0.5, 0.6) is 17.2 Å². The van der Waals surface area contributed by atoms with Gasteiger partial charge in [0.05, 0.1) is 14.2 Å². The number of amides is 1. The lowest BCUT2D eigenvalue weighted by Gasteiger charge is -2.33. The van der Waals surface area contributed by atoms with Crippen LogP contribution in [0.2, 0.25) is 0 Å². The summed E-state index contributed by atoms with van der Waals surface area (Å²) in [4.78, 5) is 14.9. The van der Waals surface area contributed by atoms with E-state index < -0.39 is 6.10 Å². The first kappa shape index (κ1) is 21.0. The average Bonchev–Trinajstić information content (AvgIpc) is 2.76. The number of methoxy groups -OCH3 is 2. The lowest BCUT2D eigenvalue weighted by atomic mass is 10.0. The van der Waals surface area contributed by atoms with Crippen molar-refractivity contribution in [2.75, 3.05) is 27.3 Å². The molecular weight excluding hydrogens is 368 g/mol. The Morgan fingerprint density at radius 3 is 2.34 bits per heavy atom.